The normalized spacial score (nSPS) is 11.6. The van der Waals surface area contributed by atoms with Gasteiger partial charge in [0.2, 0.25) is 0 Å². The number of carbonyl (C=O) groups is 1. The second-order valence-corrected chi connectivity index (χ2v) is 4.53. The van der Waals surface area contributed by atoms with E-state index in [1.807, 2.05) is 0 Å². The fourth-order valence-electron chi connectivity index (χ4n) is 1.11. The van der Waals surface area contributed by atoms with Gasteiger partial charge >= 0.3 is 5.97 Å². The summed E-state index contributed by atoms with van der Waals surface area (Å²) < 4.78 is 5.28. The second-order valence-electron chi connectivity index (χ2n) is 4.53. The van der Waals surface area contributed by atoms with Crippen molar-refractivity contribution in [2.24, 2.45) is 5.41 Å². The van der Waals surface area contributed by atoms with Crippen LogP contribution in [0.5, 0.6) is 0 Å². The molecule has 0 atom stereocenters. The van der Waals surface area contributed by atoms with Crippen LogP contribution in [0, 0.1) is 5.41 Å². The number of rotatable bonds is 3. The van der Waals surface area contributed by atoms with Gasteiger partial charge in [-0.1, -0.05) is 20.8 Å². The van der Waals surface area contributed by atoms with Crippen LogP contribution >= 0.6 is 0 Å². The lowest BCUT2D eigenvalue weighted by Gasteiger charge is -2.14. The van der Waals surface area contributed by atoms with Crippen LogP contribution in [0.4, 0.5) is 0 Å². The van der Waals surface area contributed by atoms with Gasteiger partial charge in [0.05, 0.1) is 6.20 Å². The molecule has 0 fully saturated rings. The van der Waals surface area contributed by atoms with E-state index < -0.39 is 5.97 Å². The van der Waals surface area contributed by atoms with Crippen molar-refractivity contribution >= 4 is 5.97 Å². The summed E-state index contributed by atoms with van der Waals surface area (Å²) in [5, 5.41) is 8.52. The number of aromatic nitrogens is 1. The Hall–Kier alpha value is -1.32. The highest BCUT2D eigenvalue weighted by molar-refractivity contribution is 5.69. The van der Waals surface area contributed by atoms with Crippen LogP contribution in [0.15, 0.2) is 10.6 Å². The molecule has 4 heteroatoms. The van der Waals surface area contributed by atoms with Crippen molar-refractivity contribution in [3.63, 3.8) is 0 Å². The molecule has 1 aromatic rings. The standard InChI is InChI=1S/C10H15NO3/c1-10(2,3)5-8-11-6-7(14-8)4-9(12)13/h6H,4-5H2,1-3H3,(H,12,13). The maximum absolute atomic E-state index is 10.4. The largest absolute Gasteiger partial charge is 0.481 e. The van der Waals surface area contributed by atoms with Gasteiger partial charge in [0.15, 0.2) is 5.89 Å². The van der Waals surface area contributed by atoms with E-state index in [2.05, 4.69) is 25.8 Å². The minimum atomic E-state index is -0.900. The molecule has 0 aliphatic carbocycles. The van der Waals surface area contributed by atoms with Gasteiger partial charge in [-0.25, -0.2) is 4.98 Å². The molecule has 1 aromatic heterocycles. The van der Waals surface area contributed by atoms with Gasteiger partial charge in [0.25, 0.3) is 0 Å². The van der Waals surface area contributed by atoms with E-state index in [-0.39, 0.29) is 11.8 Å². The molecule has 78 valence electrons. The predicted molar refractivity (Wildman–Crippen MR) is 51.0 cm³/mol. The Morgan fingerprint density at radius 1 is 1.57 bits per heavy atom. The fourth-order valence-corrected chi connectivity index (χ4v) is 1.11. The Kier molecular flexibility index (Phi) is 2.93. The molecule has 1 N–H and O–H groups in total. The van der Waals surface area contributed by atoms with Crippen LogP contribution in [0.1, 0.15) is 32.4 Å². The Morgan fingerprint density at radius 2 is 2.21 bits per heavy atom. The first kappa shape index (κ1) is 10.8. The number of hydrogen-bond acceptors (Lipinski definition) is 3. The average Bonchev–Trinajstić information content (AvgIpc) is 2.30. The molecule has 4 nitrogen and oxygen atoms in total. The summed E-state index contributed by atoms with van der Waals surface area (Å²) in [6, 6.07) is 0. The molecule has 0 saturated heterocycles. The summed E-state index contributed by atoms with van der Waals surface area (Å²) in [5.41, 5.74) is 0.103. The summed E-state index contributed by atoms with van der Waals surface area (Å²) in [7, 11) is 0. The monoisotopic (exact) mass is 197 g/mol. The van der Waals surface area contributed by atoms with Crippen molar-refractivity contribution in [3.05, 3.63) is 17.8 Å². The van der Waals surface area contributed by atoms with E-state index in [1.54, 1.807) is 0 Å². The maximum Gasteiger partial charge on any atom is 0.311 e. The highest BCUT2D eigenvalue weighted by Crippen LogP contribution is 2.20. The fraction of sp³-hybridized carbons (Fsp3) is 0.600. The predicted octanol–water partition coefficient (Wildman–Crippen LogP) is 1.89. The third-order valence-corrected chi connectivity index (χ3v) is 1.61. The van der Waals surface area contributed by atoms with Crippen molar-refractivity contribution < 1.29 is 14.3 Å². The summed E-state index contributed by atoms with van der Waals surface area (Å²) in [4.78, 5) is 14.4. The molecule has 14 heavy (non-hydrogen) atoms. The summed E-state index contributed by atoms with van der Waals surface area (Å²) in [6.07, 6.45) is 2.10. The van der Waals surface area contributed by atoms with Crippen LogP contribution < -0.4 is 0 Å². The van der Waals surface area contributed by atoms with Crippen LogP contribution in [0.3, 0.4) is 0 Å². The zero-order chi connectivity index (χ0) is 10.8. The number of aliphatic carboxylic acids is 1. The Labute approximate surface area is 83.0 Å². The molecule has 0 aliphatic rings. The van der Waals surface area contributed by atoms with Crippen molar-refractivity contribution in [1.29, 1.82) is 0 Å². The third-order valence-electron chi connectivity index (χ3n) is 1.61. The van der Waals surface area contributed by atoms with Gasteiger partial charge in [-0.3, -0.25) is 4.79 Å². The minimum absolute atomic E-state index is 0.100. The van der Waals surface area contributed by atoms with Gasteiger partial charge in [0.1, 0.15) is 12.2 Å². The smallest absolute Gasteiger partial charge is 0.311 e. The molecule has 1 heterocycles. The van der Waals surface area contributed by atoms with Crippen LogP contribution in [0.2, 0.25) is 0 Å². The molecule has 0 aliphatic heterocycles. The molecule has 1 rings (SSSR count). The van der Waals surface area contributed by atoms with E-state index in [0.717, 1.165) is 0 Å². The van der Waals surface area contributed by atoms with Crippen molar-refractivity contribution in [2.45, 2.75) is 33.6 Å². The number of oxazole rings is 1. The second kappa shape index (κ2) is 3.82. The third kappa shape index (κ3) is 3.60. The lowest BCUT2D eigenvalue weighted by atomic mass is 9.92. The van der Waals surface area contributed by atoms with Gasteiger partial charge in [-0.15, -0.1) is 0 Å². The molecule has 0 amide bonds. The van der Waals surface area contributed by atoms with Gasteiger partial charge in [-0.2, -0.15) is 0 Å². The van der Waals surface area contributed by atoms with Gasteiger partial charge < -0.3 is 9.52 Å². The molecular weight excluding hydrogens is 182 g/mol. The van der Waals surface area contributed by atoms with Gasteiger partial charge in [0, 0.05) is 6.42 Å². The Balaban J connectivity index is 2.64. The van der Waals surface area contributed by atoms with Crippen molar-refractivity contribution in [1.82, 2.24) is 4.98 Å². The summed E-state index contributed by atoms with van der Waals surface area (Å²) >= 11 is 0. The topological polar surface area (TPSA) is 63.3 Å². The maximum atomic E-state index is 10.4. The first-order valence-electron chi connectivity index (χ1n) is 4.52. The van der Waals surface area contributed by atoms with Crippen molar-refractivity contribution in [3.8, 4) is 0 Å². The van der Waals surface area contributed by atoms with E-state index in [9.17, 15) is 4.79 Å². The Bertz CT molecular complexity index is 322. The molecule has 0 unspecified atom stereocenters. The zero-order valence-electron chi connectivity index (χ0n) is 8.70. The first-order valence-corrected chi connectivity index (χ1v) is 4.52. The highest BCUT2D eigenvalue weighted by atomic mass is 16.4. The SMILES string of the molecule is CC(C)(C)Cc1ncc(CC(=O)O)o1. The summed E-state index contributed by atoms with van der Waals surface area (Å²) in [6.45, 7) is 6.23. The number of hydrogen-bond donors (Lipinski definition) is 1. The lowest BCUT2D eigenvalue weighted by Crippen LogP contribution is -2.09. The van der Waals surface area contributed by atoms with E-state index in [0.29, 0.717) is 18.1 Å². The van der Waals surface area contributed by atoms with E-state index in [4.69, 9.17) is 9.52 Å². The first-order chi connectivity index (χ1) is 6.37. The number of nitrogens with zero attached hydrogens (tertiary/aromatic N) is 1. The van der Waals surface area contributed by atoms with Crippen LogP contribution in [-0.2, 0) is 17.6 Å². The molecule has 0 radical (unpaired) electrons. The summed E-state index contributed by atoms with van der Waals surface area (Å²) in [5.74, 6) is 0.119. The average molecular weight is 197 g/mol. The lowest BCUT2D eigenvalue weighted by molar-refractivity contribution is -0.136. The van der Waals surface area contributed by atoms with E-state index >= 15 is 0 Å². The Morgan fingerprint density at radius 3 is 2.71 bits per heavy atom. The number of carboxylic acid groups (broad SMARTS) is 1. The van der Waals surface area contributed by atoms with Crippen LogP contribution in [0.25, 0.3) is 0 Å². The number of carboxylic acids is 1. The molecule has 0 aromatic carbocycles. The zero-order valence-corrected chi connectivity index (χ0v) is 8.70. The van der Waals surface area contributed by atoms with E-state index in [1.165, 1.54) is 6.20 Å². The molecule has 0 bridgehead atoms. The highest BCUT2D eigenvalue weighted by Gasteiger charge is 2.16. The van der Waals surface area contributed by atoms with Crippen molar-refractivity contribution in [2.75, 3.05) is 0 Å². The molecule has 0 spiro atoms. The minimum Gasteiger partial charge on any atom is -0.481 e. The van der Waals surface area contributed by atoms with Crippen LogP contribution in [-0.4, -0.2) is 16.1 Å². The molecule has 0 saturated carbocycles. The van der Waals surface area contributed by atoms with Gasteiger partial charge in [-0.05, 0) is 5.41 Å². The molecular formula is C10H15NO3. The quantitative estimate of drug-likeness (QED) is 0.803.